The highest BCUT2D eigenvalue weighted by molar-refractivity contribution is 7.92. The number of nitrogens with one attached hydrogen (secondary N) is 2. The van der Waals surface area contributed by atoms with Gasteiger partial charge in [-0.05, 0) is 31.0 Å². The van der Waals surface area contributed by atoms with Crippen molar-refractivity contribution in [1.82, 2.24) is 5.43 Å². The van der Waals surface area contributed by atoms with E-state index in [2.05, 4.69) is 10.9 Å². The third-order valence-corrected chi connectivity index (χ3v) is 6.22. The van der Waals surface area contributed by atoms with E-state index >= 15 is 0 Å². The summed E-state index contributed by atoms with van der Waals surface area (Å²) in [6.07, 6.45) is -1.68. The quantitative estimate of drug-likeness (QED) is 0.761. The van der Waals surface area contributed by atoms with Gasteiger partial charge in [0, 0.05) is 6.42 Å². The summed E-state index contributed by atoms with van der Waals surface area (Å²) in [5.74, 6) is -0.845. The van der Waals surface area contributed by atoms with Crippen LogP contribution in [0.25, 0.3) is 0 Å². The van der Waals surface area contributed by atoms with Crippen LogP contribution < -0.4 is 10.9 Å². The molecular weight excluding hydrogens is 345 g/mol. The highest BCUT2D eigenvalue weighted by Crippen LogP contribution is 2.30. The maximum Gasteiger partial charge on any atom is 0.416 e. The fourth-order valence-corrected chi connectivity index (χ4v) is 4.48. The van der Waals surface area contributed by atoms with Crippen LogP contribution in [0.1, 0.15) is 37.7 Å². The zero-order valence-corrected chi connectivity index (χ0v) is 13.7. The number of rotatable bonds is 6. The first-order valence-electron chi connectivity index (χ1n) is 7.62. The third-order valence-electron chi connectivity index (χ3n) is 3.96. The first-order valence-corrected chi connectivity index (χ1v) is 9.34. The van der Waals surface area contributed by atoms with Crippen molar-refractivity contribution in [2.24, 2.45) is 0 Å². The van der Waals surface area contributed by atoms with Gasteiger partial charge in [-0.15, -0.1) is 0 Å². The molecule has 1 saturated carbocycles. The molecule has 1 aliphatic rings. The number of benzene rings is 1. The molecule has 0 unspecified atom stereocenters. The van der Waals surface area contributed by atoms with Crippen molar-refractivity contribution >= 4 is 21.4 Å². The van der Waals surface area contributed by atoms with Crippen molar-refractivity contribution in [2.75, 3.05) is 11.2 Å². The number of alkyl halides is 3. The van der Waals surface area contributed by atoms with Crippen LogP contribution in [0.15, 0.2) is 24.3 Å². The van der Waals surface area contributed by atoms with Crippen LogP contribution in [0.4, 0.5) is 18.9 Å². The van der Waals surface area contributed by atoms with Crippen LogP contribution in [-0.4, -0.2) is 25.3 Å². The predicted octanol–water partition coefficient (Wildman–Crippen LogP) is 2.90. The Hall–Kier alpha value is -1.77. The zero-order valence-electron chi connectivity index (χ0n) is 12.9. The van der Waals surface area contributed by atoms with E-state index in [4.69, 9.17) is 0 Å². The molecule has 1 aliphatic carbocycles. The van der Waals surface area contributed by atoms with Crippen LogP contribution in [0, 0.1) is 0 Å². The summed E-state index contributed by atoms with van der Waals surface area (Å²) in [5.41, 5.74) is 3.81. The van der Waals surface area contributed by atoms with Crippen LogP contribution in [-0.2, 0) is 20.8 Å². The molecule has 2 rings (SSSR count). The Bertz CT molecular complexity index is 683. The summed E-state index contributed by atoms with van der Waals surface area (Å²) in [7, 11) is -3.30. The largest absolute Gasteiger partial charge is 0.416 e. The van der Waals surface area contributed by atoms with Gasteiger partial charge in [0.1, 0.15) is 0 Å². The molecular formula is C15H19F3N2O3S. The average Bonchev–Trinajstić information content (AvgIpc) is 3.06. The van der Waals surface area contributed by atoms with E-state index in [9.17, 15) is 26.4 Å². The standard InChI is InChI=1S/C15H19F3N2O3S/c16-15(17,18)11-4-3-5-12(10-11)19-20-14(21)8-9-24(22,23)13-6-1-2-7-13/h3-5,10,13,19H,1-2,6-9H2,(H,20,21). The van der Waals surface area contributed by atoms with E-state index in [1.807, 2.05) is 0 Å². The Kier molecular flexibility index (Phi) is 5.74. The van der Waals surface area contributed by atoms with Gasteiger partial charge in [-0.3, -0.25) is 15.6 Å². The number of sulfone groups is 1. The molecule has 1 amide bonds. The van der Waals surface area contributed by atoms with Gasteiger partial charge in [0.25, 0.3) is 0 Å². The maximum atomic E-state index is 12.6. The van der Waals surface area contributed by atoms with Gasteiger partial charge in [-0.1, -0.05) is 18.9 Å². The fraction of sp³-hybridized carbons (Fsp3) is 0.533. The van der Waals surface area contributed by atoms with Gasteiger partial charge in [-0.2, -0.15) is 13.2 Å². The SMILES string of the molecule is O=C(CCS(=O)(=O)C1CCCC1)NNc1cccc(C(F)(F)F)c1. The van der Waals surface area contributed by atoms with E-state index in [1.54, 1.807) is 0 Å². The van der Waals surface area contributed by atoms with E-state index in [-0.39, 0.29) is 23.1 Å². The Labute approximate surface area is 138 Å². The lowest BCUT2D eigenvalue weighted by molar-refractivity contribution is -0.137. The van der Waals surface area contributed by atoms with E-state index in [0.717, 1.165) is 25.0 Å². The Balaban J connectivity index is 1.83. The fourth-order valence-electron chi connectivity index (χ4n) is 2.63. The van der Waals surface area contributed by atoms with E-state index in [0.29, 0.717) is 12.8 Å². The van der Waals surface area contributed by atoms with Crippen molar-refractivity contribution in [2.45, 2.75) is 43.5 Å². The number of hydrogen-bond acceptors (Lipinski definition) is 4. The second kappa shape index (κ2) is 7.42. The molecule has 0 bridgehead atoms. The molecule has 1 aromatic rings. The Morgan fingerprint density at radius 1 is 1.21 bits per heavy atom. The lowest BCUT2D eigenvalue weighted by Gasteiger charge is -2.13. The summed E-state index contributed by atoms with van der Waals surface area (Å²) in [5, 5.41) is -0.373. The first kappa shape index (κ1) is 18.6. The normalized spacial score (nSPS) is 16.1. The minimum atomic E-state index is -4.48. The van der Waals surface area contributed by atoms with Crippen LogP contribution in [0.5, 0.6) is 0 Å². The molecule has 1 aromatic carbocycles. The molecule has 1 fully saturated rings. The second-order valence-corrected chi connectivity index (χ2v) is 8.18. The van der Waals surface area contributed by atoms with Gasteiger partial charge in [-0.25, -0.2) is 8.42 Å². The number of carbonyl (C=O) groups is 1. The number of hydrazine groups is 1. The molecule has 5 nitrogen and oxygen atoms in total. The molecule has 0 aliphatic heterocycles. The first-order chi connectivity index (χ1) is 11.2. The minimum Gasteiger partial charge on any atom is -0.299 e. The summed E-state index contributed by atoms with van der Waals surface area (Å²) >= 11 is 0. The topological polar surface area (TPSA) is 75.3 Å². The van der Waals surface area contributed by atoms with Crippen molar-refractivity contribution in [3.8, 4) is 0 Å². The third kappa shape index (κ3) is 5.12. The monoisotopic (exact) mass is 364 g/mol. The summed E-state index contributed by atoms with van der Waals surface area (Å²) < 4.78 is 61.8. The Morgan fingerprint density at radius 3 is 2.50 bits per heavy atom. The number of hydrogen-bond donors (Lipinski definition) is 2. The van der Waals surface area contributed by atoms with E-state index in [1.165, 1.54) is 12.1 Å². The molecule has 0 atom stereocenters. The molecule has 0 spiro atoms. The number of carbonyl (C=O) groups excluding carboxylic acids is 1. The highest BCUT2D eigenvalue weighted by atomic mass is 32.2. The van der Waals surface area contributed by atoms with Crippen molar-refractivity contribution in [3.05, 3.63) is 29.8 Å². The van der Waals surface area contributed by atoms with E-state index < -0.39 is 27.5 Å². The zero-order chi connectivity index (χ0) is 17.8. The van der Waals surface area contributed by atoms with Gasteiger partial charge in [0.2, 0.25) is 5.91 Å². The van der Waals surface area contributed by atoms with Crippen LogP contribution in [0.3, 0.4) is 0 Å². The number of halogens is 3. The molecule has 0 heterocycles. The smallest absolute Gasteiger partial charge is 0.299 e. The minimum absolute atomic E-state index is 0.0665. The van der Waals surface area contributed by atoms with Crippen molar-refractivity contribution < 1.29 is 26.4 Å². The Morgan fingerprint density at radius 2 is 1.88 bits per heavy atom. The lowest BCUT2D eigenvalue weighted by Crippen LogP contribution is -2.32. The van der Waals surface area contributed by atoms with Crippen LogP contribution >= 0.6 is 0 Å². The van der Waals surface area contributed by atoms with Crippen molar-refractivity contribution in [1.29, 1.82) is 0 Å². The molecule has 0 saturated heterocycles. The van der Waals surface area contributed by atoms with Gasteiger partial charge in [0.05, 0.1) is 22.3 Å². The van der Waals surface area contributed by atoms with Crippen molar-refractivity contribution in [3.63, 3.8) is 0 Å². The predicted molar refractivity (Wildman–Crippen MR) is 83.9 cm³/mol. The average molecular weight is 364 g/mol. The van der Waals surface area contributed by atoms with Gasteiger partial charge < -0.3 is 0 Å². The van der Waals surface area contributed by atoms with Gasteiger partial charge >= 0.3 is 6.18 Å². The second-order valence-electron chi connectivity index (χ2n) is 5.78. The van der Waals surface area contributed by atoms with Gasteiger partial charge in [0.15, 0.2) is 9.84 Å². The summed E-state index contributed by atoms with van der Waals surface area (Å²) in [6, 6.07) is 4.35. The molecule has 0 aromatic heterocycles. The number of anilines is 1. The lowest BCUT2D eigenvalue weighted by atomic mass is 10.2. The number of amides is 1. The molecule has 24 heavy (non-hydrogen) atoms. The summed E-state index contributed by atoms with van der Waals surface area (Å²) in [6.45, 7) is 0. The van der Waals surface area contributed by atoms with Crippen LogP contribution in [0.2, 0.25) is 0 Å². The summed E-state index contributed by atoms with van der Waals surface area (Å²) in [4.78, 5) is 11.7. The molecule has 2 N–H and O–H groups in total. The maximum absolute atomic E-state index is 12.6. The highest BCUT2D eigenvalue weighted by Gasteiger charge is 2.30. The molecule has 0 radical (unpaired) electrons. The molecule has 134 valence electrons. The molecule has 9 heteroatoms.